The van der Waals surface area contributed by atoms with Crippen LogP contribution >= 0.6 is 0 Å². The molecule has 20 heavy (non-hydrogen) atoms. The Labute approximate surface area is 126 Å². The maximum atomic E-state index is 2.83. The molecule has 0 radical (unpaired) electrons. The van der Waals surface area contributed by atoms with Crippen molar-refractivity contribution in [2.75, 3.05) is 13.1 Å². The molecule has 1 saturated carbocycles. The lowest BCUT2D eigenvalue weighted by atomic mass is 9.74. The number of fused-ring (bicyclic) bond motifs is 2. The minimum Gasteiger partial charge on any atom is -0.294 e. The molecule has 2 nitrogen and oxygen atoms in total. The van der Waals surface area contributed by atoms with E-state index in [0.29, 0.717) is 11.0 Å². The van der Waals surface area contributed by atoms with Crippen molar-refractivity contribution in [1.29, 1.82) is 0 Å². The summed E-state index contributed by atoms with van der Waals surface area (Å²) in [7, 11) is 0. The van der Waals surface area contributed by atoms with Gasteiger partial charge in [0.15, 0.2) is 0 Å². The van der Waals surface area contributed by atoms with E-state index in [9.17, 15) is 0 Å². The topological polar surface area (TPSA) is 6.48 Å². The lowest BCUT2D eigenvalue weighted by Crippen LogP contribution is -2.57. The van der Waals surface area contributed by atoms with Crippen molar-refractivity contribution in [3.05, 3.63) is 0 Å². The van der Waals surface area contributed by atoms with Gasteiger partial charge in [0.2, 0.25) is 0 Å². The van der Waals surface area contributed by atoms with Crippen LogP contribution in [0, 0.1) is 5.41 Å². The summed E-state index contributed by atoms with van der Waals surface area (Å²) in [5.74, 6) is 0. The standard InChI is InChI=1S/C18H36N2/c1-16(2,3)18(7,8)20-12-11-19(17(4,5)6)14-9-10-15(20)13-14/h14-15H,9-13H2,1-8H3. The molecule has 2 rings (SSSR count). The van der Waals surface area contributed by atoms with Crippen molar-refractivity contribution in [1.82, 2.24) is 9.80 Å². The Hall–Kier alpha value is -0.0800. The second-order valence-electron chi connectivity index (χ2n) is 9.49. The van der Waals surface area contributed by atoms with Gasteiger partial charge in [-0.25, -0.2) is 0 Å². The van der Waals surface area contributed by atoms with Gasteiger partial charge in [-0.1, -0.05) is 20.8 Å². The summed E-state index contributed by atoms with van der Waals surface area (Å²) in [5.41, 5.74) is 0.893. The highest BCUT2D eigenvalue weighted by Crippen LogP contribution is 2.42. The molecule has 0 aromatic carbocycles. The number of rotatable bonds is 1. The van der Waals surface area contributed by atoms with Crippen LogP contribution < -0.4 is 0 Å². The molecule has 0 spiro atoms. The second-order valence-corrected chi connectivity index (χ2v) is 9.49. The molecule has 2 heteroatoms. The Morgan fingerprint density at radius 3 is 1.60 bits per heavy atom. The summed E-state index contributed by atoms with van der Waals surface area (Å²) >= 11 is 0. The average molecular weight is 280 g/mol. The normalized spacial score (nSPS) is 30.6. The molecule has 2 bridgehead atoms. The molecule has 1 saturated heterocycles. The smallest absolute Gasteiger partial charge is 0.0205 e. The first-order valence-corrected chi connectivity index (χ1v) is 8.48. The van der Waals surface area contributed by atoms with Crippen LogP contribution in [0.2, 0.25) is 0 Å². The van der Waals surface area contributed by atoms with Crippen molar-refractivity contribution < 1.29 is 0 Å². The highest BCUT2D eigenvalue weighted by atomic mass is 15.3. The van der Waals surface area contributed by atoms with Gasteiger partial charge in [0.1, 0.15) is 0 Å². The van der Waals surface area contributed by atoms with Crippen LogP contribution in [-0.4, -0.2) is 46.1 Å². The largest absolute Gasteiger partial charge is 0.294 e. The Bertz CT molecular complexity index is 345. The number of hydrogen-bond donors (Lipinski definition) is 0. The highest BCUT2D eigenvalue weighted by molar-refractivity contribution is 5.02. The average Bonchev–Trinajstić information content (AvgIpc) is 2.56. The molecule has 0 N–H and O–H groups in total. The summed E-state index contributed by atoms with van der Waals surface area (Å²) in [6.07, 6.45) is 4.15. The quantitative estimate of drug-likeness (QED) is 0.712. The SMILES string of the molecule is CC(C)(C)N1CCN(C(C)(C)C(C)(C)C)C2CCC1C2. The molecule has 0 aromatic rings. The van der Waals surface area contributed by atoms with Crippen molar-refractivity contribution in [2.24, 2.45) is 5.41 Å². The van der Waals surface area contributed by atoms with E-state index < -0.39 is 0 Å². The van der Waals surface area contributed by atoms with E-state index in [2.05, 4.69) is 65.2 Å². The molecule has 118 valence electrons. The Balaban J connectivity index is 2.24. The number of nitrogens with zero attached hydrogens (tertiary/aromatic N) is 2. The zero-order chi connectivity index (χ0) is 15.3. The maximum Gasteiger partial charge on any atom is 0.0205 e. The van der Waals surface area contributed by atoms with Crippen LogP contribution in [0.1, 0.15) is 74.7 Å². The van der Waals surface area contributed by atoms with E-state index in [4.69, 9.17) is 0 Å². The van der Waals surface area contributed by atoms with Crippen molar-refractivity contribution >= 4 is 0 Å². The summed E-state index contributed by atoms with van der Waals surface area (Å²) in [6, 6.07) is 1.60. The van der Waals surface area contributed by atoms with E-state index in [1.54, 1.807) is 0 Å². The fourth-order valence-corrected chi connectivity index (χ4v) is 4.13. The van der Waals surface area contributed by atoms with E-state index in [1.165, 1.54) is 32.4 Å². The molecule has 1 heterocycles. The minimum atomic E-state index is 0.264. The molecule has 2 unspecified atom stereocenters. The molecular formula is C18H36N2. The van der Waals surface area contributed by atoms with Crippen molar-refractivity contribution in [3.8, 4) is 0 Å². The zero-order valence-electron chi connectivity index (χ0n) is 15.1. The molecule has 2 aliphatic rings. The van der Waals surface area contributed by atoms with Gasteiger partial charge in [-0.2, -0.15) is 0 Å². The van der Waals surface area contributed by atoms with Gasteiger partial charge in [0.05, 0.1) is 0 Å². The van der Waals surface area contributed by atoms with Crippen LogP contribution in [0.3, 0.4) is 0 Å². The lowest BCUT2D eigenvalue weighted by molar-refractivity contribution is -0.0129. The minimum absolute atomic E-state index is 0.264. The first kappa shape index (κ1) is 16.3. The monoisotopic (exact) mass is 280 g/mol. The molecular weight excluding hydrogens is 244 g/mol. The third-order valence-corrected chi connectivity index (χ3v) is 6.26. The fourth-order valence-electron chi connectivity index (χ4n) is 4.13. The third-order valence-electron chi connectivity index (χ3n) is 6.26. The lowest BCUT2D eigenvalue weighted by Gasteiger charge is -2.51. The van der Waals surface area contributed by atoms with Gasteiger partial charge >= 0.3 is 0 Å². The van der Waals surface area contributed by atoms with Crippen LogP contribution in [0.25, 0.3) is 0 Å². The number of hydrogen-bond acceptors (Lipinski definition) is 2. The molecule has 1 aliphatic heterocycles. The van der Waals surface area contributed by atoms with Crippen molar-refractivity contribution in [3.63, 3.8) is 0 Å². The highest BCUT2D eigenvalue weighted by Gasteiger charge is 2.47. The van der Waals surface area contributed by atoms with Gasteiger partial charge in [0.25, 0.3) is 0 Å². The first-order chi connectivity index (χ1) is 8.94. The molecule has 0 amide bonds. The van der Waals surface area contributed by atoms with E-state index >= 15 is 0 Å². The molecule has 2 fully saturated rings. The summed E-state index contributed by atoms with van der Waals surface area (Å²) in [4.78, 5) is 5.60. The Morgan fingerprint density at radius 1 is 0.700 bits per heavy atom. The fraction of sp³-hybridized carbons (Fsp3) is 1.00. The maximum absolute atomic E-state index is 2.83. The van der Waals surface area contributed by atoms with Crippen LogP contribution in [0.15, 0.2) is 0 Å². The molecule has 1 aliphatic carbocycles. The van der Waals surface area contributed by atoms with Crippen LogP contribution in [0.4, 0.5) is 0 Å². The van der Waals surface area contributed by atoms with Crippen LogP contribution in [0.5, 0.6) is 0 Å². The predicted octanol–water partition coefficient (Wildman–Crippen LogP) is 4.15. The van der Waals surface area contributed by atoms with Gasteiger partial charge in [-0.3, -0.25) is 9.80 Å². The first-order valence-electron chi connectivity index (χ1n) is 8.48. The zero-order valence-corrected chi connectivity index (χ0v) is 15.1. The second kappa shape index (κ2) is 4.98. The van der Waals surface area contributed by atoms with Gasteiger partial charge < -0.3 is 0 Å². The molecule has 2 atom stereocenters. The predicted molar refractivity (Wildman–Crippen MR) is 88.1 cm³/mol. The van der Waals surface area contributed by atoms with E-state index in [0.717, 1.165) is 12.1 Å². The Kier molecular flexibility index (Phi) is 4.06. The van der Waals surface area contributed by atoms with E-state index in [1.807, 2.05) is 0 Å². The van der Waals surface area contributed by atoms with Gasteiger partial charge in [-0.15, -0.1) is 0 Å². The Morgan fingerprint density at radius 2 is 1.15 bits per heavy atom. The van der Waals surface area contributed by atoms with Gasteiger partial charge in [0, 0.05) is 36.3 Å². The summed E-state index contributed by atoms with van der Waals surface area (Å²) in [5, 5.41) is 0. The van der Waals surface area contributed by atoms with Crippen molar-refractivity contribution in [2.45, 2.75) is 97.8 Å². The summed E-state index contributed by atoms with van der Waals surface area (Å²) in [6.45, 7) is 21.7. The van der Waals surface area contributed by atoms with Crippen LogP contribution in [-0.2, 0) is 0 Å². The van der Waals surface area contributed by atoms with E-state index in [-0.39, 0.29) is 5.54 Å². The third kappa shape index (κ3) is 2.78. The van der Waals surface area contributed by atoms with Gasteiger partial charge in [-0.05, 0) is 59.3 Å². The summed E-state index contributed by atoms with van der Waals surface area (Å²) < 4.78 is 0. The molecule has 0 aromatic heterocycles.